The first-order valence-corrected chi connectivity index (χ1v) is 7.33. The number of methoxy groups -OCH3 is 1. The number of aromatic nitrogens is 2. The number of hydrogen-bond acceptors (Lipinski definition) is 3. The lowest BCUT2D eigenvalue weighted by Gasteiger charge is -2.20. The van der Waals surface area contributed by atoms with Gasteiger partial charge in [-0.15, -0.1) is 12.4 Å². The molecule has 122 valence electrons. The lowest BCUT2D eigenvalue weighted by molar-refractivity contribution is 0.102. The first kappa shape index (κ1) is 18.7. The normalized spacial score (nSPS) is 12.7. The van der Waals surface area contributed by atoms with Crippen LogP contribution >= 0.6 is 12.4 Å². The van der Waals surface area contributed by atoms with Crippen LogP contribution in [0.15, 0.2) is 36.5 Å². The van der Waals surface area contributed by atoms with Gasteiger partial charge in [0.25, 0.3) is 0 Å². The van der Waals surface area contributed by atoms with Crippen molar-refractivity contribution in [3.8, 4) is 0 Å². The van der Waals surface area contributed by atoms with Gasteiger partial charge < -0.3 is 10.1 Å². The van der Waals surface area contributed by atoms with Crippen molar-refractivity contribution >= 4 is 12.4 Å². The fourth-order valence-electron chi connectivity index (χ4n) is 2.44. The second-order valence-corrected chi connectivity index (χ2v) is 6.29. The molecule has 5 heteroatoms. The van der Waals surface area contributed by atoms with Crippen LogP contribution in [0, 0.1) is 0 Å². The van der Waals surface area contributed by atoms with Crippen LogP contribution in [0.3, 0.4) is 0 Å². The van der Waals surface area contributed by atoms with Gasteiger partial charge >= 0.3 is 0 Å². The van der Waals surface area contributed by atoms with Crippen molar-refractivity contribution in [1.29, 1.82) is 0 Å². The van der Waals surface area contributed by atoms with E-state index in [2.05, 4.69) is 48.4 Å². The SMILES string of the molecule is COC(CNCc1cn[nH]c1C(C)(C)C)c1ccccc1.Cl. The number of H-pyrrole nitrogens is 1. The van der Waals surface area contributed by atoms with E-state index >= 15 is 0 Å². The molecule has 1 heterocycles. The molecular formula is C17H26ClN3O. The summed E-state index contributed by atoms with van der Waals surface area (Å²) in [5, 5.41) is 10.7. The van der Waals surface area contributed by atoms with Gasteiger partial charge in [-0.3, -0.25) is 5.10 Å². The van der Waals surface area contributed by atoms with Crippen molar-refractivity contribution in [3.05, 3.63) is 53.3 Å². The average molecular weight is 324 g/mol. The standard InChI is InChI=1S/C17H25N3O.ClH/c1-17(2,3)16-14(11-19-20-16)10-18-12-15(21-4)13-8-6-5-7-9-13;/h5-9,11,15,18H,10,12H2,1-4H3,(H,19,20);1H. The molecule has 1 aromatic carbocycles. The Bertz CT molecular complexity index is 549. The van der Waals surface area contributed by atoms with E-state index in [0.717, 1.165) is 13.1 Å². The van der Waals surface area contributed by atoms with Crippen molar-refractivity contribution in [3.63, 3.8) is 0 Å². The Kier molecular flexibility index (Phi) is 7.07. The number of aromatic amines is 1. The highest BCUT2D eigenvalue weighted by Gasteiger charge is 2.20. The van der Waals surface area contributed by atoms with E-state index in [1.165, 1.54) is 16.8 Å². The summed E-state index contributed by atoms with van der Waals surface area (Å²) in [6.07, 6.45) is 1.97. The molecule has 1 atom stereocenters. The third-order valence-electron chi connectivity index (χ3n) is 3.57. The quantitative estimate of drug-likeness (QED) is 0.854. The zero-order chi connectivity index (χ0) is 15.3. The van der Waals surface area contributed by atoms with Crippen LogP contribution in [-0.2, 0) is 16.7 Å². The van der Waals surface area contributed by atoms with Crippen LogP contribution in [0.1, 0.15) is 43.7 Å². The van der Waals surface area contributed by atoms with E-state index < -0.39 is 0 Å². The Hall–Kier alpha value is -1.36. The molecule has 0 radical (unpaired) electrons. The summed E-state index contributed by atoms with van der Waals surface area (Å²) in [4.78, 5) is 0. The van der Waals surface area contributed by atoms with Crippen molar-refractivity contribution in [2.45, 2.75) is 38.8 Å². The van der Waals surface area contributed by atoms with Gasteiger partial charge in [-0.05, 0) is 5.56 Å². The molecule has 0 aliphatic rings. The van der Waals surface area contributed by atoms with Crippen LogP contribution in [0.25, 0.3) is 0 Å². The summed E-state index contributed by atoms with van der Waals surface area (Å²) in [6, 6.07) is 10.3. The van der Waals surface area contributed by atoms with Crippen molar-refractivity contribution in [1.82, 2.24) is 15.5 Å². The van der Waals surface area contributed by atoms with E-state index in [1.54, 1.807) is 7.11 Å². The number of ether oxygens (including phenoxy) is 1. The van der Waals surface area contributed by atoms with Gasteiger partial charge in [0.05, 0.1) is 12.3 Å². The largest absolute Gasteiger partial charge is 0.375 e. The molecule has 22 heavy (non-hydrogen) atoms. The molecule has 1 unspecified atom stereocenters. The van der Waals surface area contributed by atoms with Crippen LogP contribution < -0.4 is 5.32 Å². The Balaban J connectivity index is 0.00000242. The fourth-order valence-corrected chi connectivity index (χ4v) is 2.44. The highest BCUT2D eigenvalue weighted by Crippen LogP contribution is 2.23. The molecular weight excluding hydrogens is 298 g/mol. The van der Waals surface area contributed by atoms with Gasteiger partial charge in [0.1, 0.15) is 0 Å². The van der Waals surface area contributed by atoms with Gasteiger partial charge in [0.15, 0.2) is 0 Å². The molecule has 0 fully saturated rings. The van der Waals surface area contributed by atoms with Gasteiger partial charge in [-0.2, -0.15) is 5.10 Å². The zero-order valence-corrected chi connectivity index (χ0v) is 14.5. The minimum Gasteiger partial charge on any atom is -0.375 e. The van der Waals surface area contributed by atoms with Crippen LogP contribution in [-0.4, -0.2) is 23.9 Å². The topological polar surface area (TPSA) is 49.9 Å². The van der Waals surface area contributed by atoms with E-state index in [1.807, 2.05) is 24.4 Å². The highest BCUT2D eigenvalue weighted by atomic mass is 35.5. The number of nitrogens with one attached hydrogen (secondary N) is 2. The smallest absolute Gasteiger partial charge is 0.0945 e. The monoisotopic (exact) mass is 323 g/mol. The Labute approximate surface area is 139 Å². The molecule has 0 aliphatic heterocycles. The molecule has 1 aromatic heterocycles. The highest BCUT2D eigenvalue weighted by molar-refractivity contribution is 5.85. The van der Waals surface area contributed by atoms with Crippen LogP contribution in [0.5, 0.6) is 0 Å². The Morgan fingerprint density at radius 3 is 2.50 bits per heavy atom. The van der Waals surface area contributed by atoms with Crippen molar-refractivity contribution < 1.29 is 4.74 Å². The maximum absolute atomic E-state index is 5.57. The number of hydrogen-bond donors (Lipinski definition) is 2. The number of rotatable bonds is 6. The molecule has 0 saturated carbocycles. The van der Waals surface area contributed by atoms with Crippen LogP contribution in [0.2, 0.25) is 0 Å². The summed E-state index contributed by atoms with van der Waals surface area (Å²) in [7, 11) is 1.75. The predicted molar refractivity (Wildman–Crippen MR) is 92.4 cm³/mol. The summed E-state index contributed by atoms with van der Waals surface area (Å²) < 4.78 is 5.57. The molecule has 0 saturated heterocycles. The maximum Gasteiger partial charge on any atom is 0.0945 e. The summed E-state index contributed by atoms with van der Waals surface area (Å²) in [5.74, 6) is 0. The molecule has 4 nitrogen and oxygen atoms in total. The third kappa shape index (κ3) is 4.83. The predicted octanol–water partition coefficient (Wildman–Crippen LogP) is 3.61. The molecule has 2 rings (SSSR count). The maximum atomic E-state index is 5.57. The first-order valence-electron chi connectivity index (χ1n) is 7.33. The molecule has 2 aromatic rings. The van der Waals surface area contributed by atoms with E-state index in [4.69, 9.17) is 4.74 Å². The number of nitrogens with zero attached hydrogens (tertiary/aromatic N) is 1. The summed E-state index contributed by atoms with van der Waals surface area (Å²) in [6.45, 7) is 8.12. The Morgan fingerprint density at radius 2 is 1.91 bits per heavy atom. The fraction of sp³-hybridized carbons (Fsp3) is 0.471. The minimum atomic E-state index is 0. The van der Waals surface area contributed by atoms with Crippen molar-refractivity contribution in [2.24, 2.45) is 0 Å². The molecule has 0 bridgehead atoms. The molecule has 0 aliphatic carbocycles. The second kappa shape index (κ2) is 8.32. The lowest BCUT2D eigenvalue weighted by Crippen LogP contribution is -2.24. The van der Waals surface area contributed by atoms with Gasteiger partial charge in [0.2, 0.25) is 0 Å². The van der Waals surface area contributed by atoms with E-state index in [9.17, 15) is 0 Å². The van der Waals surface area contributed by atoms with Gasteiger partial charge in [-0.25, -0.2) is 0 Å². The van der Waals surface area contributed by atoms with E-state index in [-0.39, 0.29) is 23.9 Å². The van der Waals surface area contributed by atoms with Crippen LogP contribution in [0.4, 0.5) is 0 Å². The number of halogens is 1. The lowest BCUT2D eigenvalue weighted by atomic mass is 9.89. The zero-order valence-electron chi connectivity index (χ0n) is 13.7. The van der Waals surface area contributed by atoms with Gasteiger partial charge in [0, 0.05) is 36.9 Å². The number of benzene rings is 1. The average Bonchev–Trinajstić information content (AvgIpc) is 2.93. The molecule has 0 spiro atoms. The summed E-state index contributed by atoms with van der Waals surface area (Å²) >= 11 is 0. The van der Waals surface area contributed by atoms with Crippen molar-refractivity contribution in [2.75, 3.05) is 13.7 Å². The minimum absolute atomic E-state index is 0. The van der Waals surface area contributed by atoms with Gasteiger partial charge in [-0.1, -0.05) is 51.1 Å². The Morgan fingerprint density at radius 1 is 1.23 bits per heavy atom. The third-order valence-corrected chi connectivity index (χ3v) is 3.57. The second-order valence-electron chi connectivity index (χ2n) is 6.29. The first-order chi connectivity index (χ1) is 10.0. The van der Waals surface area contributed by atoms with E-state index in [0.29, 0.717) is 0 Å². The summed E-state index contributed by atoms with van der Waals surface area (Å²) in [5.41, 5.74) is 3.66. The molecule has 0 amide bonds. The molecule has 2 N–H and O–H groups in total.